The molecule has 1 aliphatic rings. The summed E-state index contributed by atoms with van der Waals surface area (Å²) in [6.07, 6.45) is 2.50. The van der Waals surface area contributed by atoms with E-state index in [1.165, 1.54) is 12.8 Å². The van der Waals surface area contributed by atoms with Crippen molar-refractivity contribution in [2.75, 3.05) is 31.9 Å². The number of hydrogen-bond donors (Lipinski definition) is 2. The van der Waals surface area contributed by atoms with Gasteiger partial charge in [0, 0.05) is 18.8 Å². The lowest BCUT2D eigenvalue weighted by Gasteiger charge is -2.20. The Hall–Kier alpha value is -1.11. The number of hydrogen-bond acceptors (Lipinski definition) is 4. The number of sulfonamides is 1. The SMILES string of the molecule is Cc1c(N)cccc1S(=O)(=O)NCC(C)CN1CCCC1. The molecule has 0 aliphatic carbocycles. The van der Waals surface area contributed by atoms with Crippen molar-refractivity contribution >= 4 is 15.7 Å². The van der Waals surface area contributed by atoms with Gasteiger partial charge in [0.2, 0.25) is 10.0 Å². The van der Waals surface area contributed by atoms with Crippen LogP contribution < -0.4 is 10.5 Å². The molecule has 0 aromatic heterocycles. The summed E-state index contributed by atoms with van der Waals surface area (Å²) in [5, 5.41) is 0. The van der Waals surface area contributed by atoms with Gasteiger partial charge in [-0.25, -0.2) is 13.1 Å². The average molecular weight is 311 g/mol. The standard InChI is InChI=1S/C15H25N3O2S/c1-12(11-18-8-3-4-9-18)10-17-21(19,20)15-7-5-6-14(16)13(15)2/h5-7,12,17H,3-4,8-11,16H2,1-2H3. The third kappa shape index (κ3) is 4.18. The molecule has 6 heteroatoms. The Bertz CT molecular complexity index is 581. The van der Waals surface area contributed by atoms with Crippen molar-refractivity contribution in [3.8, 4) is 0 Å². The van der Waals surface area contributed by atoms with Crippen molar-refractivity contribution in [1.82, 2.24) is 9.62 Å². The van der Waals surface area contributed by atoms with Gasteiger partial charge in [0.25, 0.3) is 0 Å². The molecule has 1 fully saturated rings. The summed E-state index contributed by atoms with van der Waals surface area (Å²) in [6, 6.07) is 4.98. The molecule has 1 aromatic rings. The minimum atomic E-state index is -3.49. The Labute approximate surface area is 127 Å². The second-order valence-corrected chi connectivity index (χ2v) is 7.67. The number of anilines is 1. The first-order chi connectivity index (χ1) is 9.90. The van der Waals surface area contributed by atoms with E-state index in [9.17, 15) is 8.42 Å². The molecule has 2 rings (SSSR count). The molecule has 3 N–H and O–H groups in total. The van der Waals surface area contributed by atoms with Crippen molar-refractivity contribution in [2.24, 2.45) is 5.92 Å². The molecule has 1 heterocycles. The number of benzene rings is 1. The van der Waals surface area contributed by atoms with Crippen LogP contribution in [0.1, 0.15) is 25.3 Å². The van der Waals surface area contributed by atoms with Gasteiger partial charge < -0.3 is 10.6 Å². The molecule has 0 bridgehead atoms. The van der Waals surface area contributed by atoms with Gasteiger partial charge in [-0.1, -0.05) is 13.0 Å². The van der Waals surface area contributed by atoms with E-state index < -0.39 is 10.0 Å². The van der Waals surface area contributed by atoms with Crippen LogP contribution in [0.2, 0.25) is 0 Å². The summed E-state index contributed by atoms with van der Waals surface area (Å²) in [4.78, 5) is 2.67. The van der Waals surface area contributed by atoms with Crippen LogP contribution in [-0.2, 0) is 10.0 Å². The molecule has 0 spiro atoms. The van der Waals surface area contributed by atoms with Gasteiger partial charge in [-0.3, -0.25) is 0 Å². The lowest BCUT2D eigenvalue weighted by molar-refractivity contribution is 0.288. The monoisotopic (exact) mass is 311 g/mol. The summed E-state index contributed by atoms with van der Waals surface area (Å²) in [5.74, 6) is 0.291. The van der Waals surface area contributed by atoms with E-state index in [1.807, 2.05) is 0 Å². The van der Waals surface area contributed by atoms with Crippen LogP contribution in [0.4, 0.5) is 5.69 Å². The van der Waals surface area contributed by atoms with Gasteiger partial charge in [-0.15, -0.1) is 0 Å². The van der Waals surface area contributed by atoms with Crippen LogP contribution in [0.3, 0.4) is 0 Å². The first-order valence-electron chi connectivity index (χ1n) is 7.47. The fraction of sp³-hybridized carbons (Fsp3) is 0.600. The van der Waals surface area contributed by atoms with Crippen molar-refractivity contribution in [2.45, 2.75) is 31.6 Å². The fourth-order valence-electron chi connectivity index (χ4n) is 2.72. The maximum atomic E-state index is 12.4. The quantitative estimate of drug-likeness (QED) is 0.782. The number of nitrogen functional groups attached to an aromatic ring is 1. The largest absolute Gasteiger partial charge is 0.398 e. The summed E-state index contributed by atoms with van der Waals surface area (Å²) in [7, 11) is -3.49. The summed E-state index contributed by atoms with van der Waals surface area (Å²) in [5.41, 5.74) is 6.89. The highest BCUT2D eigenvalue weighted by molar-refractivity contribution is 7.89. The number of rotatable bonds is 6. The van der Waals surface area contributed by atoms with Gasteiger partial charge in [-0.05, 0) is 56.5 Å². The van der Waals surface area contributed by atoms with E-state index in [0.29, 0.717) is 23.7 Å². The molecule has 0 radical (unpaired) electrons. The number of nitrogens with one attached hydrogen (secondary N) is 1. The molecule has 118 valence electrons. The zero-order valence-electron chi connectivity index (χ0n) is 12.8. The molecule has 1 aromatic carbocycles. The topological polar surface area (TPSA) is 75.4 Å². The Balaban J connectivity index is 1.96. The zero-order valence-corrected chi connectivity index (χ0v) is 13.6. The Morgan fingerprint density at radius 3 is 2.67 bits per heavy atom. The number of nitrogens with zero attached hydrogens (tertiary/aromatic N) is 1. The molecule has 1 atom stereocenters. The van der Waals surface area contributed by atoms with Crippen LogP contribution in [-0.4, -0.2) is 39.5 Å². The summed E-state index contributed by atoms with van der Waals surface area (Å²) in [6.45, 7) is 7.47. The van der Waals surface area contributed by atoms with Gasteiger partial charge in [0.05, 0.1) is 4.90 Å². The van der Waals surface area contributed by atoms with Crippen LogP contribution in [0.5, 0.6) is 0 Å². The van der Waals surface area contributed by atoms with Gasteiger partial charge >= 0.3 is 0 Å². The fourth-order valence-corrected chi connectivity index (χ4v) is 4.16. The van der Waals surface area contributed by atoms with Crippen LogP contribution >= 0.6 is 0 Å². The number of likely N-dealkylation sites (tertiary alicyclic amines) is 1. The second kappa shape index (κ2) is 6.77. The van der Waals surface area contributed by atoms with Gasteiger partial charge in [0.1, 0.15) is 0 Å². The molecule has 1 saturated heterocycles. The van der Waals surface area contributed by atoms with E-state index in [4.69, 9.17) is 5.73 Å². The van der Waals surface area contributed by atoms with Crippen LogP contribution in [0.15, 0.2) is 23.1 Å². The van der Waals surface area contributed by atoms with Crippen LogP contribution in [0.25, 0.3) is 0 Å². The molecule has 1 aliphatic heterocycles. The van der Waals surface area contributed by atoms with Crippen molar-refractivity contribution < 1.29 is 8.42 Å². The molecule has 1 unspecified atom stereocenters. The molecule has 0 amide bonds. The first-order valence-corrected chi connectivity index (χ1v) is 8.95. The predicted molar refractivity (Wildman–Crippen MR) is 85.6 cm³/mol. The molecular formula is C15H25N3O2S. The van der Waals surface area contributed by atoms with Crippen molar-refractivity contribution in [3.05, 3.63) is 23.8 Å². The lowest BCUT2D eigenvalue weighted by atomic mass is 10.2. The van der Waals surface area contributed by atoms with Crippen molar-refractivity contribution in [3.63, 3.8) is 0 Å². The Morgan fingerprint density at radius 1 is 1.33 bits per heavy atom. The molecule has 21 heavy (non-hydrogen) atoms. The van der Waals surface area contributed by atoms with E-state index in [0.717, 1.165) is 19.6 Å². The summed E-state index contributed by atoms with van der Waals surface area (Å²) >= 11 is 0. The normalized spacial score (nSPS) is 18.0. The van der Waals surface area contributed by atoms with E-state index in [-0.39, 0.29) is 4.90 Å². The zero-order chi connectivity index (χ0) is 15.5. The van der Waals surface area contributed by atoms with E-state index >= 15 is 0 Å². The average Bonchev–Trinajstić information content (AvgIpc) is 2.92. The van der Waals surface area contributed by atoms with E-state index in [1.54, 1.807) is 25.1 Å². The number of nitrogens with two attached hydrogens (primary N) is 1. The molecular weight excluding hydrogens is 286 g/mol. The third-order valence-corrected chi connectivity index (χ3v) is 5.57. The maximum Gasteiger partial charge on any atom is 0.240 e. The highest BCUT2D eigenvalue weighted by atomic mass is 32.2. The minimum Gasteiger partial charge on any atom is -0.398 e. The maximum absolute atomic E-state index is 12.4. The summed E-state index contributed by atoms with van der Waals surface area (Å²) < 4.78 is 27.4. The predicted octanol–water partition coefficient (Wildman–Crippen LogP) is 1.59. The van der Waals surface area contributed by atoms with Crippen LogP contribution in [0, 0.1) is 12.8 Å². The smallest absolute Gasteiger partial charge is 0.240 e. The Morgan fingerprint density at radius 2 is 2.00 bits per heavy atom. The highest BCUT2D eigenvalue weighted by Crippen LogP contribution is 2.20. The third-order valence-electron chi connectivity index (χ3n) is 4.01. The van der Waals surface area contributed by atoms with Gasteiger partial charge in [0.15, 0.2) is 0 Å². The second-order valence-electron chi connectivity index (χ2n) is 5.94. The lowest BCUT2D eigenvalue weighted by Crippen LogP contribution is -2.34. The minimum absolute atomic E-state index is 0.274. The molecule has 0 saturated carbocycles. The van der Waals surface area contributed by atoms with E-state index in [2.05, 4.69) is 16.5 Å². The Kier molecular flexibility index (Phi) is 5.24. The highest BCUT2D eigenvalue weighted by Gasteiger charge is 2.20. The first kappa shape index (κ1) is 16.3. The van der Waals surface area contributed by atoms with Gasteiger partial charge in [-0.2, -0.15) is 0 Å². The molecule has 5 nitrogen and oxygen atoms in total. The van der Waals surface area contributed by atoms with Crippen molar-refractivity contribution in [1.29, 1.82) is 0 Å².